The summed E-state index contributed by atoms with van der Waals surface area (Å²) in [5.41, 5.74) is 2.27. The molecule has 5 nitrogen and oxygen atoms in total. The van der Waals surface area contributed by atoms with Gasteiger partial charge in [-0.05, 0) is 20.8 Å². The van der Waals surface area contributed by atoms with E-state index in [2.05, 4.69) is 29.2 Å². The molecule has 2 heterocycles. The molecule has 0 saturated carbocycles. The van der Waals surface area contributed by atoms with Gasteiger partial charge in [0.05, 0.1) is 18.4 Å². The summed E-state index contributed by atoms with van der Waals surface area (Å²) in [6.07, 6.45) is 0. The summed E-state index contributed by atoms with van der Waals surface area (Å²) in [6.45, 7) is 9.57. The van der Waals surface area contributed by atoms with E-state index in [0.717, 1.165) is 31.2 Å². The molecular formula is C13H25ClN4O. The maximum absolute atomic E-state index is 5.45. The van der Waals surface area contributed by atoms with Crippen molar-refractivity contribution < 1.29 is 4.74 Å². The number of halogens is 1. The second kappa shape index (κ2) is 6.59. The molecule has 2 atom stereocenters. The largest absolute Gasteiger partial charge is 0.481 e. The fraction of sp³-hybridized carbons (Fsp3) is 0.769. The lowest BCUT2D eigenvalue weighted by Gasteiger charge is -2.36. The third kappa shape index (κ3) is 3.61. The third-order valence-corrected chi connectivity index (χ3v) is 3.50. The van der Waals surface area contributed by atoms with Crippen LogP contribution in [0.2, 0.25) is 0 Å². The fourth-order valence-electron chi connectivity index (χ4n) is 2.91. The van der Waals surface area contributed by atoms with Crippen molar-refractivity contribution in [1.82, 2.24) is 20.0 Å². The molecule has 1 N–H and O–H groups in total. The second-order valence-electron chi connectivity index (χ2n) is 5.36. The van der Waals surface area contributed by atoms with Gasteiger partial charge in [0.1, 0.15) is 0 Å². The van der Waals surface area contributed by atoms with Crippen LogP contribution in [0.25, 0.3) is 0 Å². The van der Waals surface area contributed by atoms with Crippen molar-refractivity contribution in [1.29, 1.82) is 0 Å². The predicted octanol–water partition coefficient (Wildman–Crippen LogP) is 1.34. The number of nitrogens with one attached hydrogen (secondary N) is 1. The van der Waals surface area contributed by atoms with Gasteiger partial charge >= 0.3 is 0 Å². The van der Waals surface area contributed by atoms with Gasteiger partial charge in [0.2, 0.25) is 5.88 Å². The highest BCUT2D eigenvalue weighted by atomic mass is 35.5. The van der Waals surface area contributed by atoms with Crippen LogP contribution in [0.1, 0.15) is 25.1 Å². The summed E-state index contributed by atoms with van der Waals surface area (Å²) in [6, 6.07) is 1.08. The molecule has 6 heteroatoms. The van der Waals surface area contributed by atoms with Crippen molar-refractivity contribution in [3.8, 4) is 5.88 Å². The SMILES string of the molecule is COc1c(CN2CC(C)NC(C)C2)c(C)nn1C.Cl. The van der Waals surface area contributed by atoms with Gasteiger partial charge in [-0.1, -0.05) is 0 Å². The highest BCUT2D eigenvalue weighted by Gasteiger charge is 2.24. The molecular weight excluding hydrogens is 264 g/mol. The van der Waals surface area contributed by atoms with Gasteiger partial charge in [-0.15, -0.1) is 12.4 Å². The highest BCUT2D eigenvalue weighted by Crippen LogP contribution is 2.23. The number of hydrogen-bond acceptors (Lipinski definition) is 4. The Morgan fingerprint density at radius 2 is 1.89 bits per heavy atom. The first-order valence-corrected chi connectivity index (χ1v) is 6.56. The maximum Gasteiger partial charge on any atom is 0.216 e. The molecule has 1 aromatic rings. The first-order valence-electron chi connectivity index (χ1n) is 6.56. The van der Waals surface area contributed by atoms with Crippen LogP contribution in [0.15, 0.2) is 0 Å². The van der Waals surface area contributed by atoms with E-state index in [1.54, 1.807) is 7.11 Å². The normalized spacial score (nSPS) is 24.1. The van der Waals surface area contributed by atoms with E-state index in [1.807, 2.05) is 18.7 Å². The van der Waals surface area contributed by atoms with Crippen LogP contribution >= 0.6 is 12.4 Å². The molecule has 1 aliphatic rings. The molecule has 110 valence electrons. The molecule has 2 unspecified atom stereocenters. The standard InChI is InChI=1S/C13H24N4O.ClH/c1-9-6-17(7-10(2)14-9)8-12-11(3)15-16(4)13(12)18-5;/h9-10,14H,6-8H2,1-5H3;1H. The minimum atomic E-state index is 0. The highest BCUT2D eigenvalue weighted by molar-refractivity contribution is 5.85. The van der Waals surface area contributed by atoms with Crippen molar-refractivity contribution in [3.05, 3.63) is 11.3 Å². The first-order chi connectivity index (χ1) is 8.51. The molecule has 0 aliphatic carbocycles. The molecule has 0 aromatic carbocycles. The van der Waals surface area contributed by atoms with Crippen LogP contribution in [-0.4, -0.2) is 47.0 Å². The summed E-state index contributed by atoms with van der Waals surface area (Å²) >= 11 is 0. The number of aromatic nitrogens is 2. The Morgan fingerprint density at radius 3 is 2.42 bits per heavy atom. The minimum Gasteiger partial charge on any atom is -0.481 e. The number of nitrogens with zero attached hydrogens (tertiary/aromatic N) is 3. The third-order valence-electron chi connectivity index (χ3n) is 3.50. The maximum atomic E-state index is 5.45. The van der Waals surface area contributed by atoms with E-state index in [-0.39, 0.29) is 12.4 Å². The molecule has 1 aromatic heterocycles. The van der Waals surface area contributed by atoms with Crippen LogP contribution in [0, 0.1) is 6.92 Å². The van der Waals surface area contributed by atoms with E-state index in [4.69, 9.17) is 4.74 Å². The zero-order valence-electron chi connectivity index (χ0n) is 12.4. The number of piperazine rings is 1. The van der Waals surface area contributed by atoms with Gasteiger partial charge < -0.3 is 10.1 Å². The van der Waals surface area contributed by atoms with E-state index in [9.17, 15) is 0 Å². The lowest BCUT2D eigenvalue weighted by Crippen LogP contribution is -2.53. The first kappa shape index (κ1) is 16.3. The van der Waals surface area contributed by atoms with Gasteiger partial charge in [0.15, 0.2) is 0 Å². The Morgan fingerprint density at radius 1 is 1.32 bits per heavy atom. The summed E-state index contributed by atoms with van der Waals surface area (Å²) in [4.78, 5) is 2.47. The zero-order valence-corrected chi connectivity index (χ0v) is 13.3. The van der Waals surface area contributed by atoms with E-state index < -0.39 is 0 Å². The van der Waals surface area contributed by atoms with Crippen LogP contribution in [0.3, 0.4) is 0 Å². The van der Waals surface area contributed by atoms with E-state index >= 15 is 0 Å². The summed E-state index contributed by atoms with van der Waals surface area (Å²) < 4.78 is 7.27. The number of hydrogen-bond donors (Lipinski definition) is 1. The van der Waals surface area contributed by atoms with Gasteiger partial charge in [0, 0.05) is 38.8 Å². The van der Waals surface area contributed by atoms with Crippen molar-refractivity contribution in [2.24, 2.45) is 7.05 Å². The molecule has 0 amide bonds. The Labute approximate surface area is 121 Å². The summed E-state index contributed by atoms with van der Waals surface area (Å²) in [7, 11) is 3.64. The Hall–Kier alpha value is -0.780. The van der Waals surface area contributed by atoms with Gasteiger partial charge in [-0.25, -0.2) is 4.68 Å². The number of rotatable bonds is 3. The average molecular weight is 289 g/mol. The van der Waals surface area contributed by atoms with Gasteiger partial charge in [-0.3, -0.25) is 4.90 Å². The molecule has 2 rings (SSSR count). The molecule has 0 spiro atoms. The van der Waals surface area contributed by atoms with Crippen LogP contribution in [0.5, 0.6) is 5.88 Å². The predicted molar refractivity (Wildman–Crippen MR) is 79.1 cm³/mol. The second-order valence-corrected chi connectivity index (χ2v) is 5.36. The molecule has 19 heavy (non-hydrogen) atoms. The zero-order chi connectivity index (χ0) is 13.3. The van der Waals surface area contributed by atoms with Crippen molar-refractivity contribution in [2.45, 2.75) is 39.4 Å². The summed E-state index contributed by atoms with van der Waals surface area (Å²) in [5.74, 6) is 0.881. The number of aryl methyl sites for hydroxylation is 2. The molecule has 0 radical (unpaired) electrons. The Balaban J connectivity index is 0.00000180. The van der Waals surface area contributed by atoms with Gasteiger partial charge in [0.25, 0.3) is 0 Å². The van der Waals surface area contributed by atoms with Gasteiger partial charge in [-0.2, -0.15) is 5.10 Å². The molecule has 1 fully saturated rings. The number of methoxy groups -OCH3 is 1. The van der Waals surface area contributed by atoms with E-state index in [0.29, 0.717) is 12.1 Å². The monoisotopic (exact) mass is 288 g/mol. The average Bonchev–Trinajstić information content (AvgIpc) is 2.52. The Bertz CT molecular complexity index is 411. The summed E-state index contributed by atoms with van der Waals surface area (Å²) in [5, 5.41) is 7.98. The number of ether oxygens (including phenoxy) is 1. The van der Waals surface area contributed by atoms with Crippen LogP contribution < -0.4 is 10.1 Å². The topological polar surface area (TPSA) is 42.3 Å². The Kier molecular flexibility index (Phi) is 5.64. The minimum absolute atomic E-state index is 0. The van der Waals surface area contributed by atoms with Crippen LogP contribution in [0.4, 0.5) is 0 Å². The lowest BCUT2D eigenvalue weighted by molar-refractivity contribution is 0.164. The molecule has 0 bridgehead atoms. The lowest BCUT2D eigenvalue weighted by atomic mass is 10.1. The van der Waals surface area contributed by atoms with Crippen molar-refractivity contribution >= 4 is 12.4 Å². The molecule has 1 aliphatic heterocycles. The molecule has 1 saturated heterocycles. The van der Waals surface area contributed by atoms with E-state index in [1.165, 1.54) is 5.56 Å². The smallest absolute Gasteiger partial charge is 0.216 e. The fourth-order valence-corrected chi connectivity index (χ4v) is 2.91. The van der Waals surface area contributed by atoms with Crippen molar-refractivity contribution in [3.63, 3.8) is 0 Å². The van der Waals surface area contributed by atoms with Crippen molar-refractivity contribution in [2.75, 3.05) is 20.2 Å². The van der Waals surface area contributed by atoms with Crippen LogP contribution in [-0.2, 0) is 13.6 Å². The quantitative estimate of drug-likeness (QED) is 0.911.